The molecule has 0 atom stereocenters. The highest BCUT2D eigenvalue weighted by Gasteiger charge is 2.12. The first-order valence-electron chi connectivity index (χ1n) is 11.6. The monoisotopic (exact) mass is 462 g/mol. The number of benzene rings is 3. The van der Waals surface area contributed by atoms with Crippen LogP contribution >= 0.6 is 0 Å². The van der Waals surface area contributed by atoms with E-state index >= 15 is 0 Å². The number of rotatable bonds is 13. The fraction of sp³-hybridized carbons (Fsp3) is 0.286. The molecule has 6 nitrogen and oxygen atoms in total. The Bertz CT molecular complexity index is 1030. The van der Waals surface area contributed by atoms with Gasteiger partial charge in [-0.3, -0.25) is 0 Å². The Labute approximate surface area is 200 Å². The Morgan fingerprint density at radius 1 is 0.618 bits per heavy atom. The zero-order chi connectivity index (χ0) is 24.0. The van der Waals surface area contributed by atoms with E-state index in [-0.39, 0.29) is 24.5 Å². The van der Waals surface area contributed by atoms with Gasteiger partial charge in [0.25, 0.3) is 0 Å². The maximum Gasteiger partial charge on any atom is 0.343 e. The van der Waals surface area contributed by atoms with E-state index in [1.54, 1.807) is 42.5 Å². The van der Waals surface area contributed by atoms with Crippen molar-refractivity contribution in [1.29, 1.82) is 0 Å². The van der Waals surface area contributed by atoms with E-state index in [0.717, 1.165) is 12.8 Å². The van der Waals surface area contributed by atoms with E-state index in [2.05, 4.69) is 6.92 Å². The van der Waals surface area contributed by atoms with Crippen LogP contribution in [0.1, 0.15) is 53.3 Å². The summed E-state index contributed by atoms with van der Waals surface area (Å²) in [4.78, 5) is 24.8. The molecule has 0 aliphatic carbocycles. The molecule has 0 saturated heterocycles. The molecule has 0 N–H and O–H groups in total. The second-order valence-corrected chi connectivity index (χ2v) is 7.65. The van der Waals surface area contributed by atoms with E-state index < -0.39 is 11.9 Å². The topological polar surface area (TPSA) is 71.1 Å². The molecular weight excluding hydrogens is 432 g/mol. The van der Waals surface area contributed by atoms with Crippen LogP contribution in [0, 0.1) is 0 Å². The first-order chi connectivity index (χ1) is 16.7. The maximum atomic E-state index is 12.5. The lowest BCUT2D eigenvalue weighted by molar-refractivity contribution is 0.0449. The van der Waals surface area contributed by atoms with Crippen molar-refractivity contribution in [2.24, 2.45) is 0 Å². The largest absolute Gasteiger partial charge is 0.494 e. The van der Waals surface area contributed by atoms with Crippen LogP contribution in [-0.2, 0) is 4.74 Å². The first-order valence-corrected chi connectivity index (χ1v) is 11.6. The molecule has 0 spiro atoms. The summed E-state index contributed by atoms with van der Waals surface area (Å²) in [7, 11) is 0. The third-order valence-electron chi connectivity index (χ3n) is 4.97. The molecule has 0 bridgehead atoms. The minimum absolute atomic E-state index is 0.102. The third kappa shape index (κ3) is 8.28. The van der Waals surface area contributed by atoms with Crippen molar-refractivity contribution in [3.8, 4) is 17.2 Å². The quantitative estimate of drug-likeness (QED) is 0.174. The number of carbonyl (C=O) groups excluding carboxylic acids is 2. The van der Waals surface area contributed by atoms with Crippen molar-refractivity contribution in [3.63, 3.8) is 0 Å². The maximum absolute atomic E-state index is 12.5. The summed E-state index contributed by atoms with van der Waals surface area (Å²) in [5.41, 5.74) is 0.682. The van der Waals surface area contributed by atoms with Crippen LogP contribution in [0.25, 0.3) is 0 Å². The number of ether oxygens (including phenoxy) is 4. The Balaban J connectivity index is 1.45. The standard InChI is InChI=1S/C28H30O6/c1-2-3-4-8-18-31-25-16-14-22(15-17-25)28(30)34-26-13-9-10-23(21-26)27(29)33-20-19-32-24-11-6-5-7-12-24/h5-7,9-17,21H,2-4,8,18-20H2,1H3. The van der Waals surface area contributed by atoms with E-state index in [1.807, 2.05) is 30.3 Å². The normalized spacial score (nSPS) is 10.4. The van der Waals surface area contributed by atoms with Crippen LogP contribution in [0.2, 0.25) is 0 Å². The van der Waals surface area contributed by atoms with Crippen LogP contribution in [-0.4, -0.2) is 31.8 Å². The zero-order valence-electron chi connectivity index (χ0n) is 19.4. The Kier molecular flexibility index (Phi) is 9.99. The van der Waals surface area contributed by atoms with Crippen LogP contribution in [0.3, 0.4) is 0 Å². The average molecular weight is 463 g/mol. The molecule has 0 amide bonds. The number of esters is 2. The molecule has 0 heterocycles. The van der Waals surface area contributed by atoms with Gasteiger partial charge in [-0.05, 0) is 61.0 Å². The molecule has 34 heavy (non-hydrogen) atoms. The van der Waals surface area contributed by atoms with Crippen molar-refractivity contribution in [3.05, 3.63) is 90.0 Å². The van der Waals surface area contributed by atoms with Crippen molar-refractivity contribution in [2.75, 3.05) is 19.8 Å². The highest BCUT2D eigenvalue weighted by Crippen LogP contribution is 2.18. The second-order valence-electron chi connectivity index (χ2n) is 7.65. The highest BCUT2D eigenvalue weighted by molar-refractivity contribution is 5.92. The number of para-hydroxylation sites is 1. The van der Waals surface area contributed by atoms with Gasteiger partial charge in [0.15, 0.2) is 0 Å². The van der Waals surface area contributed by atoms with Crippen molar-refractivity contribution in [2.45, 2.75) is 32.6 Å². The molecule has 6 heteroatoms. The van der Waals surface area contributed by atoms with Gasteiger partial charge in [-0.2, -0.15) is 0 Å². The molecule has 178 valence electrons. The van der Waals surface area contributed by atoms with Crippen LogP contribution < -0.4 is 14.2 Å². The minimum Gasteiger partial charge on any atom is -0.494 e. The molecule has 0 aromatic heterocycles. The lowest BCUT2D eigenvalue weighted by Gasteiger charge is -2.09. The lowest BCUT2D eigenvalue weighted by atomic mass is 10.2. The van der Waals surface area contributed by atoms with Crippen LogP contribution in [0.5, 0.6) is 17.2 Å². The molecule has 0 aliphatic heterocycles. The summed E-state index contributed by atoms with van der Waals surface area (Å²) in [6.45, 7) is 3.17. The lowest BCUT2D eigenvalue weighted by Crippen LogP contribution is -2.13. The SMILES string of the molecule is CCCCCCOc1ccc(C(=O)Oc2cccc(C(=O)OCCOc3ccccc3)c2)cc1. The number of hydrogen-bond donors (Lipinski definition) is 0. The molecule has 3 rings (SSSR count). The highest BCUT2D eigenvalue weighted by atomic mass is 16.6. The summed E-state index contributed by atoms with van der Waals surface area (Å²) in [6, 6.07) is 22.4. The smallest absolute Gasteiger partial charge is 0.343 e. The summed E-state index contributed by atoms with van der Waals surface area (Å²) in [6.07, 6.45) is 4.55. The Morgan fingerprint density at radius 3 is 2.09 bits per heavy atom. The van der Waals surface area contributed by atoms with E-state index in [9.17, 15) is 9.59 Å². The van der Waals surface area contributed by atoms with Gasteiger partial charge in [-0.1, -0.05) is 50.5 Å². The fourth-order valence-corrected chi connectivity index (χ4v) is 3.15. The molecule has 0 unspecified atom stereocenters. The minimum atomic E-state index is -0.519. The van der Waals surface area contributed by atoms with Gasteiger partial charge in [0.05, 0.1) is 17.7 Å². The predicted molar refractivity (Wildman–Crippen MR) is 130 cm³/mol. The zero-order valence-corrected chi connectivity index (χ0v) is 19.4. The first kappa shape index (κ1) is 24.8. The van der Waals surface area contributed by atoms with Crippen molar-refractivity contribution >= 4 is 11.9 Å². The molecular formula is C28H30O6. The van der Waals surface area contributed by atoms with E-state index in [0.29, 0.717) is 23.7 Å². The van der Waals surface area contributed by atoms with Crippen LogP contribution in [0.15, 0.2) is 78.9 Å². The molecule has 0 radical (unpaired) electrons. The molecule has 0 fully saturated rings. The van der Waals surface area contributed by atoms with Gasteiger partial charge < -0.3 is 18.9 Å². The van der Waals surface area contributed by atoms with Gasteiger partial charge in [-0.15, -0.1) is 0 Å². The van der Waals surface area contributed by atoms with Crippen molar-refractivity contribution in [1.82, 2.24) is 0 Å². The second kappa shape index (κ2) is 13.7. The van der Waals surface area contributed by atoms with Gasteiger partial charge in [0.1, 0.15) is 30.5 Å². The molecule has 3 aromatic rings. The van der Waals surface area contributed by atoms with Crippen LogP contribution in [0.4, 0.5) is 0 Å². The molecule has 3 aromatic carbocycles. The fourth-order valence-electron chi connectivity index (χ4n) is 3.15. The van der Waals surface area contributed by atoms with Gasteiger partial charge >= 0.3 is 11.9 Å². The average Bonchev–Trinajstić information content (AvgIpc) is 2.87. The molecule has 0 aliphatic rings. The Morgan fingerprint density at radius 2 is 1.32 bits per heavy atom. The number of unbranched alkanes of at least 4 members (excludes halogenated alkanes) is 3. The third-order valence-corrected chi connectivity index (χ3v) is 4.97. The summed E-state index contributed by atoms with van der Waals surface area (Å²) < 4.78 is 21.9. The number of carbonyl (C=O) groups is 2. The van der Waals surface area contributed by atoms with E-state index in [1.165, 1.54) is 18.9 Å². The van der Waals surface area contributed by atoms with Gasteiger partial charge in [0, 0.05) is 0 Å². The van der Waals surface area contributed by atoms with Crippen molar-refractivity contribution < 1.29 is 28.5 Å². The predicted octanol–water partition coefficient (Wildman–Crippen LogP) is 6.10. The number of hydrogen-bond acceptors (Lipinski definition) is 6. The molecule has 0 saturated carbocycles. The van der Waals surface area contributed by atoms with Gasteiger partial charge in [0.2, 0.25) is 0 Å². The summed E-state index contributed by atoms with van der Waals surface area (Å²) >= 11 is 0. The Hall–Kier alpha value is -3.80. The summed E-state index contributed by atoms with van der Waals surface area (Å²) in [5.74, 6) is 0.649. The summed E-state index contributed by atoms with van der Waals surface area (Å²) in [5, 5.41) is 0. The van der Waals surface area contributed by atoms with Gasteiger partial charge in [-0.25, -0.2) is 9.59 Å². The van der Waals surface area contributed by atoms with E-state index in [4.69, 9.17) is 18.9 Å².